The van der Waals surface area contributed by atoms with Crippen LogP contribution in [0.5, 0.6) is 0 Å². The number of hydrogen-bond donors (Lipinski definition) is 0. The molecule has 0 fully saturated rings. The molecule has 0 saturated heterocycles. The maximum atomic E-state index is 12.1. The van der Waals surface area contributed by atoms with Gasteiger partial charge in [0.2, 0.25) is 0 Å². The molecule has 1 aliphatic rings. The standard InChI is InChI=1S/C14H16O2S/c1-14(17-12-6-3-2-4-7-12)9-5-10-16-11-8-13(14)15/h2-4,6-8,11H,5,9-10H2,1H3/b11-8-. The van der Waals surface area contributed by atoms with Gasteiger partial charge in [-0.05, 0) is 31.9 Å². The molecule has 0 amide bonds. The highest BCUT2D eigenvalue weighted by Crippen LogP contribution is 2.37. The van der Waals surface area contributed by atoms with E-state index in [2.05, 4.69) is 0 Å². The molecular weight excluding hydrogens is 232 g/mol. The van der Waals surface area contributed by atoms with E-state index in [1.807, 2.05) is 37.3 Å². The van der Waals surface area contributed by atoms with E-state index in [1.54, 1.807) is 17.8 Å². The number of ketones is 1. The number of rotatable bonds is 2. The van der Waals surface area contributed by atoms with E-state index in [4.69, 9.17) is 4.74 Å². The summed E-state index contributed by atoms with van der Waals surface area (Å²) in [6, 6.07) is 10.1. The van der Waals surface area contributed by atoms with Gasteiger partial charge in [0.15, 0.2) is 5.78 Å². The van der Waals surface area contributed by atoms with Gasteiger partial charge in [-0.3, -0.25) is 4.79 Å². The van der Waals surface area contributed by atoms with E-state index in [9.17, 15) is 4.79 Å². The van der Waals surface area contributed by atoms with E-state index in [0.717, 1.165) is 17.7 Å². The van der Waals surface area contributed by atoms with Crippen molar-refractivity contribution in [3.63, 3.8) is 0 Å². The Morgan fingerprint density at radius 2 is 2.06 bits per heavy atom. The Morgan fingerprint density at radius 1 is 1.29 bits per heavy atom. The fraction of sp³-hybridized carbons (Fsp3) is 0.357. The van der Waals surface area contributed by atoms with Crippen LogP contribution in [0.3, 0.4) is 0 Å². The zero-order chi connectivity index (χ0) is 12.1. The lowest BCUT2D eigenvalue weighted by Gasteiger charge is -2.27. The van der Waals surface area contributed by atoms with Crippen molar-refractivity contribution in [1.29, 1.82) is 0 Å². The molecule has 0 bridgehead atoms. The minimum Gasteiger partial charge on any atom is -0.501 e. The first-order chi connectivity index (χ1) is 8.21. The monoisotopic (exact) mass is 248 g/mol. The molecule has 1 heterocycles. The summed E-state index contributed by atoms with van der Waals surface area (Å²) < 4.78 is 4.80. The molecule has 1 unspecified atom stereocenters. The maximum absolute atomic E-state index is 12.1. The largest absolute Gasteiger partial charge is 0.501 e. The second-order valence-corrected chi connectivity index (χ2v) is 5.86. The number of ether oxygens (including phenoxy) is 1. The Hall–Kier alpha value is -1.22. The second-order valence-electron chi connectivity index (χ2n) is 4.29. The minimum atomic E-state index is -0.373. The van der Waals surface area contributed by atoms with Crippen LogP contribution in [0.15, 0.2) is 47.6 Å². The van der Waals surface area contributed by atoms with Gasteiger partial charge in [-0.1, -0.05) is 18.2 Å². The molecule has 0 saturated carbocycles. The summed E-state index contributed by atoms with van der Waals surface area (Å²) in [6.45, 7) is 2.71. The Morgan fingerprint density at radius 3 is 2.82 bits per heavy atom. The summed E-state index contributed by atoms with van der Waals surface area (Å²) in [7, 11) is 0. The van der Waals surface area contributed by atoms with E-state index in [0.29, 0.717) is 6.61 Å². The van der Waals surface area contributed by atoms with E-state index >= 15 is 0 Å². The first kappa shape index (κ1) is 12.2. The van der Waals surface area contributed by atoms with E-state index < -0.39 is 0 Å². The number of carbonyl (C=O) groups excluding carboxylic acids is 1. The lowest BCUT2D eigenvalue weighted by molar-refractivity contribution is -0.117. The average molecular weight is 248 g/mol. The number of allylic oxidation sites excluding steroid dienone is 1. The zero-order valence-corrected chi connectivity index (χ0v) is 10.7. The molecule has 2 nitrogen and oxygen atoms in total. The third kappa shape index (κ3) is 3.13. The van der Waals surface area contributed by atoms with Crippen molar-refractivity contribution in [2.45, 2.75) is 29.4 Å². The molecule has 0 N–H and O–H groups in total. The number of benzene rings is 1. The van der Waals surface area contributed by atoms with Crippen molar-refractivity contribution in [3.05, 3.63) is 42.7 Å². The molecule has 3 heteroatoms. The predicted octanol–water partition coefficient (Wildman–Crippen LogP) is 3.43. The molecule has 1 atom stereocenters. The summed E-state index contributed by atoms with van der Waals surface area (Å²) in [5, 5.41) is 0. The van der Waals surface area contributed by atoms with Crippen LogP contribution >= 0.6 is 11.8 Å². The molecule has 1 aromatic carbocycles. The quantitative estimate of drug-likeness (QED) is 0.802. The van der Waals surface area contributed by atoms with Crippen molar-refractivity contribution in [3.8, 4) is 0 Å². The third-order valence-corrected chi connectivity index (χ3v) is 4.20. The lowest BCUT2D eigenvalue weighted by Crippen LogP contribution is -2.31. The first-order valence-corrected chi connectivity index (χ1v) is 6.59. The number of hydrogen-bond acceptors (Lipinski definition) is 3. The normalized spacial score (nSPS) is 26.8. The lowest BCUT2D eigenvalue weighted by atomic mass is 9.99. The number of carbonyl (C=O) groups is 1. The SMILES string of the molecule is CC1(Sc2ccccc2)CCCO/C=C\C1=O. The average Bonchev–Trinajstić information content (AvgIpc) is 2.33. The van der Waals surface area contributed by atoms with Gasteiger partial charge in [0.1, 0.15) is 0 Å². The molecule has 1 aliphatic heterocycles. The molecule has 0 aromatic heterocycles. The van der Waals surface area contributed by atoms with Gasteiger partial charge in [-0.15, -0.1) is 11.8 Å². The van der Waals surface area contributed by atoms with E-state index in [1.165, 1.54) is 6.26 Å². The van der Waals surface area contributed by atoms with Crippen LogP contribution in [0, 0.1) is 0 Å². The third-order valence-electron chi connectivity index (χ3n) is 2.84. The summed E-state index contributed by atoms with van der Waals surface area (Å²) in [6.07, 6.45) is 4.82. The fourth-order valence-corrected chi connectivity index (χ4v) is 3.05. The van der Waals surface area contributed by atoms with Gasteiger partial charge in [0, 0.05) is 11.0 Å². The number of thioether (sulfide) groups is 1. The smallest absolute Gasteiger partial charge is 0.174 e. The van der Waals surface area contributed by atoms with Gasteiger partial charge in [-0.2, -0.15) is 0 Å². The van der Waals surface area contributed by atoms with Crippen molar-refractivity contribution < 1.29 is 9.53 Å². The van der Waals surface area contributed by atoms with Crippen molar-refractivity contribution >= 4 is 17.5 Å². The minimum absolute atomic E-state index is 0.131. The van der Waals surface area contributed by atoms with Crippen LogP contribution in [0.1, 0.15) is 19.8 Å². The Bertz CT molecular complexity index is 413. The molecular formula is C14H16O2S. The van der Waals surface area contributed by atoms with E-state index in [-0.39, 0.29) is 10.5 Å². The summed E-state index contributed by atoms with van der Waals surface area (Å²) in [5.41, 5.74) is 0. The topological polar surface area (TPSA) is 26.3 Å². The van der Waals surface area contributed by atoms with Crippen LogP contribution in [0.4, 0.5) is 0 Å². The van der Waals surface area contributed by atoms with Crippen LogP contribution in [-0.4, -0.2) is 17.1 Å². The summed E-state index contributed by atoms with van der Waals surface area (Å²) >= 11 is 1.64. The Labute approximate surface area is 106 Å². The van der Waals surface area contributed by atoms with Gasteiger partial charge in [0.25, 0.3) is 0 Å². The maximum Gasteiger partial charge on any atom is 0.174 e. The molecule has 2 rings (SSSR count). The van der Waals surface area contributed by atoms with Crippen LogP contribution in [-0.2, 0) is 9.53 Å². The highest BCUT2D eigenvalue weighted by atomic mass is 32.2. The molecule has 90 valence electrons. The van der Waals surface area contributed by atoms with Gasteiger partial charge in [0.05, 0.1) is 17.6 Å². The molecule has 17 heavy (non-hydrogen) atoms. The molecule has 0 spiro atoms. The van der Waals surface area contributed by atoms with Gasteiger partial charge < -0.3 is 4.74 Å². The fourth-order valence-electron chi connectivity index (χ4n) is 1.82. The van der Waals surface area contributed by atoms with Crippen LogP contribution < -0.4 is 0 Å². The molecule has 0 radical (unpaired) electrons. The summed E-state index contributed by atoms with van der Waals surface area (Å²) in [4.78, 5) is 13.2. The Balaban J connectivity index is 2.18. The Kier molecular flexibility index (Phi) is 3.89. The second kappa shape index (κ2) is 5.41. The molecule has 0 aliphatic carbocycles. The van der Waals surface area contributed by atoms with Crippen molar-refractivity contribution in [2.24, 2.45) is 0 Å². The zero-order valence-electron chi connectivity index (χ0n) is 9.89. The van der Waals surface area contributed by atoms with Crippen molar-refractivity contribution in [1.82, 2.24) is 0 Å². The summed E-state index contributed by atoms with van der Waals surface area (Å²) in [5.74, 6) is 0.131. The highest BCUT2D eigenvalue weighted by molar-refractivity contribution is 8.01. The van der Waals surface area contributed by atoms with Crippen LogP contribution in [0.2, 0.25) is 0 Å². The highest BCUT2D eigenvalue weighted by Gasteiger charge is 2.32. The van der Waals surface area contributed by atoms with Gasteiger partial charge >= 0.3 is 0 Å². The first-order valence-electron chi connectivity index (χ1n) is 5.77. The predicted molar refractivity (Wildman–Crippen MR) is 70.0 cm³/mol. The van der Waals surface area contributed by atoms with Gasteiger partial charge in [-0.25, -0.2) is 0 Å². The molecule has 1 aromatic rings. The van der Waals surface area contributed by atoms with Crippen LogP contribution in [0.25, 0.3) is 0 Å². The van der Waals surface area contributed by atoms with Crippen molar-refractivity contribution in [2.75, 3.05) is 6.61 Å².